The van der Waals surface area contributed by atoms with Gasteiger partial charge in [-0.15, -0.1) is 0 Å². The van der Waals surface area contributed by atoms with E-state index < -0.39 is 33.8 Å². The summed E-state index contributed by atoms with van der Waals surface area (Å²) < 4.78 is 0. The first-order chi connectivity index (χ1) is 18.8. The monoisotopic (exact) mass is 538 g/mol. The van der Waals surface area contributed by atoms with Gasteiger partial charge in [0.25, 0.3) is 5.69 Å². The summed E-state index contributed by atoms with van der Waals surface area (Å²) in [5.41, 5.74) is -0.273. The number of ketones is 1. The lowest BCUT2D eigenvalue weighted by Crippen LogP contribution is -2.55. The molecule has 1 saturated heterocycles. The number of nitrogens with zero attached hydrogens (tertiary/aromatic N) is 4. The highest BCUT2D eigenvalue weighted by Gasteiger charge is 2.67. The summed E-state index contributed by atoms with van der Waals surface area (Å²) in [6.07, 6.45) is 9.92. The lowest BCUT2D eigenvalue weighted by atomic mass is 9.47. The van der Waals surface area contributed by atoms with Crippen LogP contribution < -0.4 is 0 Å². The number of benzene rings is 2. The van der Waals surface area contributed by atoms with Gasteiger partial charge in [-0.3, -0.25) is 14.9 Å². The maximum Gasteiger partial charge on any atom is 0.288 e. The first kappa shape index (κ1) is 24.4. The van der Waals surface area contributed by atoms with Crippen LogP contribution in [0.4, 0.5) is 5.69 Å². The molecular weight excluding hydrogens is 512 g/mol. The Morgan fingerprint density at radius 1 is 1.03 bits per heavy atom. The van der Waals surface area contributed by atoms with Crippen molar-refractivity contribution in [3.63, 3.8) is 0 Å². The first-order valence-electron chi connectivity index (χ1n) is 13.7. The molecule has 0 radical (unpaired) electrons. The van der Waals surface area contributed by atoms with Crippen LogP contribution in [-0.4, -0.2) is 21.6 Å². The summed E-state index contributed by atoms with van der Waals surface area (Å²) >= 11 is 6.18. The van der Waals surface area contributed by atoms with Gasteiger partial charge in [0.05, 0.1) is 29.1 Å². The van der Waals surface area contributed by atoms with Crippen molar-refractivity contribution in [2.45, 2.75) is 56.5 Å². The lowest BCUT2D eigenvalue weighted by molar-refractivity contribution is -0.384. The number of hydrogen-bond acceptors (Lipinski definition) is 6. The van der Waals surface area contributed by atoms with Crippen molar-refractivity contribution in [3.8, 4) is 12.1 Å². The normalized spacial score (nSPS) is 34.6. The molecule has 3 atom stereocenters. The minimum atomic E-state index is -1.65. The smallest absolute Gasteiger partial charge is 0.288 e. The molecule has 5 fully saturated rings. The zero-order valence-corrected chi connectivity index (χ0v) is 22.1. The van der Waals surface area contributed by atoms with Crippen LogP contribution in [0.15, 0.2) is 48.7 Å². The number of hydrogen-bond donors (Lipinski definition) is 0. The molecule has 4 aliphatic carbocycles. The fraction of sp³-hybridized carbons (Fsp3) is 0.452. The number of nitro groups is 1. The van der Waals surface area contributed by atoms with E-state index in [1.165, 1.54) is 31.4 Å². The van der Waals surface area contributed by atoms with Crippen molar-refractivity contribution in [3.05, 3.63) is 80.5 Å². The van der Waals surface area contributed by atoms with Gasteiger partial charge >= 0.3 is 0 Å². The Labute approximate surface area is 231 Å². The van der Waals surface area contributed by atoms with Crippen LogP contribution in [0, 0.1) is 61.4 Å². The summed E-state index contributed by atoms with van der Waals surface area (Å²) in [6, 6.07) is 15.3. The van der Waals surface area contributed by atoms with E-state index in [1.807, 2.05) is 41.4 Å². The Balaban J connectivity index is 1.45. The molecule has 2 aliphatic heterocycles. The third kappa shape index (κ3) is 3.29. The van der Waals surface area contributed by atoms with Gasteiger partial charge in [-0.25, -0.2) is 0 Å². The van der Waals surface area contributed by atoms with E-state index in [0.29, 0.717) is 23.3 Å². The summed E-state index contributed by atoms with van der Waals surface area (Å²) in [7, 11) is 0. The van der Waals surface area contributed by atoms with Crippen LogP contribution in [0.5, 0.6) is 0 Å². The summed E-state index contributed by atoms with van der Waals surface area (Å²) in [5.74, 6) is 0.834. The lowest BCUT2D eigenvalue weighted by Gasteiger charge is -2.57. The summed E-state index contributed by atoms with van der Waals surface area (Å²) in [4.78, 5) is 28.2. The van der Waals surface area contributed by atoms with E-state index in [4.69, 9.17) is 11.6 Å². The van der Waals surface area contributed by atoms with E-state index >= 15 is 4.79 Å². The Hall–Kier alpha value is -3.68. The number of nitro benzene ring substituents is 1. The fourth-order valence-electron chi connectivity index (χ4n) is 9.26. The quantitative estimate of drug-likeness (QED) is 0.322. The second kappa shape index (κ2) is 8.41. The van der Waals surface area contributed by atoms with Gasteiger partial charge in [0.1, 0.15) is 5.02 Å². The molecule has 0 unspecified atom stereocenters. The molecular formula is C31H27ClN4O3. The van der Waals surface area contributed by atoms with E-state index in [0.717, 1.165) is 30.4 Å². The van der Waals surface area contributed by atoms with Crippen molar-refractivity contribution in [2.24, 2.45) is 28.6 Å². The van der Waals surface area contributed by atoms with Gasteiger partial charge in [0, 0.05) is 23.6 Å². The molecule has 39 heavy (non-hydrogen) atoms. The largest absolute Gasteiger partial charge is 0.357 e. The minimum Gasteiger partial charge on any atom is -0.357 e. The van der Waals surface area contributed by atoms with Crippen molar-refractivity contribution in [2.75, 3.05) is 0 Å². The van der Waals surface area contributed by atoms with Gasteiger partial charge in [-0.05, 0) is 85.1 Å². The number of carbonyl (C=O) groups is 1. The number of halogens is 1. The van der Waals surface area contributed by atoms with Crippen LogP contribution in [0.1, 0.15) is 67.2 Å². The topological polar surface area (TPSA) is 111 Å². The number of carbonyl (C=O) groups excluding carboxylic acids is 1. The summed E-state index contributed by atoms with van der Waals surface area (Å²) in [5, 5.41) is 33.4. The molecule has 196 valence electrons. The van der Waals surface area contributed by atoms with Crippen molar-refractivity contribution in [1.82, 2.24) is 4.90 Å². The molecule has 8 heteroatoms. The Morgan fingerprint density at radius 3 is 2.28 bits per heavy atom. The predicted molar refractivity (Wildman–Crippen MR) is 144 cm³/mol. The fourth-order valence-corrected chi connectivity index (χ4v) is 9.44. The second-order valence-electron chi connectivity index (χ2n) is 12.3. The molecule has 6 aliphatic rings. The average Bonchev–Trinajstić information content (AvgIpc) is 3.23. The highest BCUT2D eigenvalue weighted by Crippen LogP contribution is 2.65. The van der Waals surface area contributed by atoms with E-state index in [9.17, 15) is 20.6 Å². The predicted octanol–water partition coefficient (Wildman–Crippen LogP) is 6.56. The average molecular weight is 539 g/mol. The SMILES string of the molecule is N#CC1(C#N)[C@H](c2ccc(Cl)c([N+](=O)[O-])c2)[C@H](C(=O)C23CC4CC(CC(C4)C2)C3)N2C=Cc3ccccc3[C@@H]21. The van der Waals surface area contributed by atoms with Crippen LogP contribution in [0.3, 0.4) is 0 Å². The van der Waals surface area contributed by atoms with Crippen LogP contribution in [-0.2, 0) is 4.79 Å². The Morgan fingerprint density at radius 2 is 1.67 bits per heavy atom. The molecule has 0 aromatic heterocycles. The third-order valence-electron chi connectivity index (χ3n) is 10.3. The van der Waals surface area contributed by atoms with E-state index in [1.54, 1.807) is 6.07 Å². The summed E-state index contributed by atoms with van der Waals surface area (Å²) in [6.45, 7) is 0. The van der Waals surface area contributed by atoms with Gasteiger partial charge in [0.15, 0.2) is 11.2 Å². The number of fused-ring (bicyclic) bond motifs is 3. The highest BCUT2D eigenvalue weighted by molar-refractivity contribution is 6.32. The van der Waals surface area contributed by atoms with Crippen LogP contribution in [0.25, 0.3) is 6.08 Å². The van der Waals surface area contributed by atoms with Crippen LogP contribution in [0.2, 0.25) is 5.02 Å². The molecule has 8 rings (SSSR count). The Kier molecular flexibility index (Phi) is 5.25. The molecule has 2 aromatic carbocycles. The van der Waals surface area contributed by atoms with Crippen LogP contribution >= 0.6 is 11.6 Å². The molecule has 0 amide bonds. The third-order valence-corrected chi connectivity index (χ3v) is 10.6. The van der Waals surface area contributed by atoms with Gasteiger partial charge in [-0.1, -0.05) is 41.9 Å². The molecule has 0 N–H and O–H groups in total. The zero-order chi connectivity index (χ0) is 27.1. The molecule has 7 nitrogen and oxygen atoms in total. The molecule has 0 spiro atoms. The second-order valence-corrected chi connectivity index (χ2v) is 12.7. The van der Waals surface area contributed by atoms with E-state index in [2.05, 4.69) is 12.1 Å². The minimum absolute atomic E-state index is 0.0202. The van der Waals surface area contributed by atoms with Crippen molar-refractivity contribution >= 4 is 29.1 Å². The highest BCUT2D eigenvalue weighted by atomic mass is 35.5. The maximum atomic E-state index is 15.0. The van der Waals surface area contributed by atoms with E-state index in [-0.39, 0.29) is 16.5 Å². The van der Waals surface area contributed by atoms with Gasteiger partial charge in [0.2, 0.25) is 0 Å². The molecule has 4 saturated carbocycles. The number of nitriles is 2. The van der Waals surface area contributed by atoms with Gasteiger partial charge < -0.3 is 4.90 Å². The molecule has 4 bridgehead atoms. The van der Waals surface area contributed by atoms with Crippen molar-refractivity contribution < 1.29 is 9.72 Å². The van der Waals surface area contributed by atoms with Crippen molar-refractivity contribution in [1.29, 1.82) is 10.5 Å². The van der Waals surface area contributed by atoms with Gasteiger partial charge in [-0.2, -0.15) is 10.5 Å². The standard InChI is InChI=1S/C31H27ClN4O3/c32-24-6-5-22(12-25(24)36(38)39)26-27(29(37)30-13-18-9-19(14-30)11-20(10-18)15-30)35-8-7-21-3-1-2-4-23(21)28(35)31(26,16-33)17-34/h1-8,12,18-20,26-28H,9-11,13-15H2/t18?,19?,20?,26-,27-,28-,30?/m1/s1. The molecule has 2 aromatic rings. The molecule has 2 heterocycles. The Bertz CT molecular complexity index is 1490. The zero-order valence-electron chi connectivity index (χ0n) is 21.3. The number of Topliss-reactive ketones (excluding diaryl/α,β-unsaturated/α-hetero) is 1. The first-order valence-corrected chi connectivity index (χ1v) is 14.0. The maximum absolute atomic E-state index is 15.0. The number of rotatable bonds is 4.